The molecule has 2 aliphatic carbocycles. The minimum Gasteiger partial charge on any atom is -0.475 e. The van der Waals surface area contributed by atoms with Gasteiger partial charge in [0.2, 0.25) is 0 Å². The Kier molecular flexibility index (Phi) is 8.91. The van der Waals surface area contributed by atoms with Crippen LogP contribution in [0.4, 0.5) is 26.3 Å². The van der Waals surface area contributed by atoms with Gasteiger partial charge in [-0.15, -0.1) is 0 Å². The lowest BCUT2D eigenvalue weighted by Crippen LogP contribution is -2.26. The van der Waals surface area contributed by atoms with Crippen LogP contribution < -0.4 is 0 Å². The molecule has 0 amide bonds. The van der Waals surface area contributed by atoms with Crippen molar-refractivity contribution in [3.63, 3.8) is 0 Å². The Morgan fingerprint density at radius 1 is 1.16 bits per heavy atom. The number of alkyl halides is 6. The van der Waals surface area contributed by atoms with Crippen molar-refractivity contribution in [2.75, 3.05) is 13.6 Å². The Labute approximate surface area is 174 Å². The van der Waals surface area contributed by atoms with Gasteiger partial charge in [-0.3, -0.25) is 4.90 Å². The molecule has 178 valence electrons. The number of hydrogen-bond acceptors (Lipinski definition) is 4. The van der Waals surface area contributed by atoms with Crippen molar-refractivity contribution in [3.05, 3.63) is 18.2 Å². The summed E-state index contributed by atoms with van der Waals surface area (Å²) in [5, 5.41) is 14.2. The largest absolute Gasteiger partial charge is 0.490 e. The molecule has 2 fully saturated rings. The van der Waals surface area contributed by atoms with Crippen LogP contribution in [-0.2, 0) is 22.7 Å². The second-order valence-electron chi connectivity index (χ2n) is 7.55. The summed E-state index contributed by atoms with van der Waals surface area (Å²) in [5.74, 6) is -3.33. The van der Waals surface area contributed by atoms with Crippen LogP contribution in [0.1, 0.15) is 38.4 Å². The number of halogens is 6. The SMILES string of the molecule is CCn1ccnc1CN(C)CC1CC12CCC2.O=C(O)C(F)(F)F.O=C(O)C(F)(F)F. The van der Waals surface area contributed by atoms with Gasteiger partial charge in [0, 0.05) is 25.5 Å². The van der Waals surface area contributed by atoms with E-state index in [0.717, 1.165) is 24.4 Å². The third kappa shape index (κ3) is 8.38. The Morgan fingerprint density at radius 2 is 1.65 bits per heavy atom. The summed E-state index contributed by atoms with van der Waals surface area (Å²) in [6.45, 7) is 5.45. The monoisotopic (exact) mass is 461 g/mol. The smallest absolute Gasteiger partial charge is 0.475 e. The fourth-order valence-electron chi connectivity index (χ4n) is 3.40. The number of nitrogens with zero attached hydrogens (tertiary/aromatic N) is 3. The lowest BCUT2D eigenvalue weighted by Gasteiger charge is -2.28. The molecule has 2 saturated carbocycles. The van der Waals surface area contributed by atoms with Gasteiger partial charge in [0.15, 0.2) is 0 Å². The molecule has 13 heteroatoms. The van der Waals surface area contributed by atoms with Crippen LogP contribution in [0.2, 0.25) is 0 Å². The van der Waals surface area contributed by atoms with E-state index >= 15 is 0 Å². The number of hydrogen-bond donors (Lipinski definition) is 2. The van der Waals surface area contributed by atoms with E-state index in [2.05, 4.69) is 34.6 Å². The fraction of sp³-hybridized carbons (Fsp3) is 0.722. The first-order chi connectivity index (χ1) is 14.1. The first-order valence-electron chi connectivity index (χ1n) is 9.41. The van der Waals surface area contributed by atoms with Crippen LogP contribution >= 0.6 is 0 Å². The van der Waals surface area contributed by atoms with E-state index < -0.39 is 24.3 Å². The highest BCUT2D eigenvalue weighted by atomic mass is 19.4. The molecule has 1 aromatic rings. The Morgan fingerprint density at radius 3 is 1.97 bits per heavy atom. The molecule has 2 N–H and O–H groups in total. The maximum absolute atomic E-state index is 10.6. The number of aliphatic carboxylic acids is 2. The zero-order valence-corrected chi connectivity index (χ0v) is 17.0. The Bertz CT molecular complexity index is 719. The van der Waals surface area contributed by atoms with Gasteiger partial charge in [-0.05, 0) is 44.6 Å². The van der Waals surface area contributed by atoms with E-state index in [0.29, 0.717) is 0 Å². The molecule has 3 rings (SSSR count). The minimum atomic E-state index is -5.08. The van der Waals surface area contributed by atoms with Crippen molar-refractivity contribution in [1.29, 1.82) is 0 Å². The highest BCUT2D eigenvalue weighted by Crippen LogP contribution is 2.65. The molecule has 7 nitrogen and oxygen atoms in total. The van der Waals surface area contributed by atoms with E-state index in [4.69, 9.17) is 19.8 Å². The molecule has 2 aliphatic rings. The molecule has 1 heterocycles. The van der Waals surface area contributed by atoms with Crippen molar-refractivity contribution < 1.29 is 46.1 Å². The van der Waals surface area contributed by atoms with E-state index in [9.17, 15) is 26.3 Å². The molecule has 1 aromatic heterocycles. The Balaban J connectivity index is 0.000000288. The molecule has 1 spiro atoms. The predicted molar refractivity (Wildman–Crippen MR) is 96.0 cm³/mol. The second kappa shape index (κ2) is 10.3. The van der Waals surface area contributed by atoms with Gasteiger partial charge < -0.3 is 14.8 Å². The summed E-state index contributed by atoms with van der Waals surface area (Å²) >= 11 is 0. The summed E-state index contributed by atoms with van der Waals surface area (Å²) in [6.07, 6.45) is -0.227. The molecule has 1 unspecified atom stereocenters. The molecular weight excluding hydrogens is 436 g/mol. The van der Waals surface area contributed by atoms with Gasteiger partial charge >= 0.3 is 24.3 Å². The summed E-state index contributed by atoms with van der Waals surface area (Å²) in [7, 11) is 2.24. The van der Waals surface area contributed by atoms with Gasteiger partial charge in [0.1, 0.15) is 5.82 Å². The minimum absolute atomic E-state index is 0.800. The van der Waals surface area contributed by atoms with Gasteiger partial charge in [-0.1, -0.05) is 6.42 Å². The van der Waals surface area contributed by atoms with Crippen molar-refractivity contribution in [1.82, 2.24) is 14.5 Å². The van der Waals surface area contributed by atoms with Crippen LogP contribution in [0.15, 0.2) is 12.4 Å². The highest BCUT2D eigenvalue weighted by molar-refractivity contribution is 5.73. The maximum atomic E-state index is 10.6. The number of carboxylic acids is 2. The summed E-state index contributed by atoms with van der Waals surface area (Å²) in [4.78, 5) is 24.7. The van der Waals surface area contributed by atoms with Crippen LogP contribution in [0.25, 0.3) is 0 Å². The van der Waals surface area contributed by atoms with Crippen LogP contribution in [0.3, 0.4) is 0 Å². The van der Waals surface area contributed by atoms with Crippen molar-refractivity contribution in [3.8, 4) is 0 Å². The molecule has 0 saturated heterocycles. The first-order valence-corrected chi connectivity index (χ1v) is 9.41. The van der Waals surface area contributed by atoms with Crippen molar-refractivity contribution in [2.45, 2.75) is 58.0 Å². The number of aryl methyl sites for hydroxylation is 1. The van der Waals surface area contributed by atoms with Gasteiger partial charge in [0.05, 0.1) is 6.54 Å². The quantitative estimate of drug-likeness (QED) is 0.648. The van der Waals surface area contributed by atoms with Gasteiger partial charge in [-0.25, -0.2) is 14.6 Å². The fourth-order valence-corrected chi connectivity index (χ4v) is 3.40. The Hall–Kier alpha value is -2.31. The third-order valence-corrected chi connectivity index (χ3v) is 5.28. The average molecular weight is 461 g/mol. The van der Waals surface area contributed by atoms with E-state index in [1.807, 2.05) is 6.20 Å². The topological polar surface area (TPSA) is 95.7 Å². The van der Waals surface area contributed by atoms with Crippen LogP contribution in [-0.4, -0.2) is 62.5 Å². The molecule has 0 aliphatic heterocycles. The molecular formula is C18H25F6N3O4. The van der Waals surface area contributed by atoms with Crippen LogP contribution in [0.5, 0.6) is 0 Å². The van der Waals surface area contributed by atoms with E-state index in [1.54, 1.807) is 0 Å². The molecule has 0 radical (unpaired) electrons. The summed E-state index contributed by atoms with van der Waals surface area (Å²) in [6, 6.07) is 0. The van der Waals surface area contributed by atoms with E-state index in [1.165, 1.54) is 38.1 Å². The van der Waals surface area contributed by atoms with Gasteiger partial charge in [-0.2, -0.15) is 26.3 Å². The van der Waals surface area contributed by atoms with Gasteiger partial charge in [0.25, 0.3) is 0 Å². The second-order valence-corrected chi connectivity index (χ2v) is 7.55. The lowest BCUT2D eigenvalue weighted by atomic mass is 9.80. The molecule has 0 aromatic carbocycles. The number of imidazole rings is 1. The van der Waals surface area contributed by atoms with Crippen LogP contribution in [0, 0.1) is 11.3 Å². The first kappa shape index (κ1) is 26.7. The summed E-state index contributed by atoms with van der Waals surface area (Å²) < 4.78 is 65.7. The molecule has 31 heavy (non-hydrogen) atoms. The number of carbonyl (C=O) groups is 2. The predicted octanol–water partition coefficient (Wildman–Crippen LogP) is 3.79. The third-order valence-electron chi connectivity index (χ3n) is 5.28. The molecule has 1 atom stereocenters. The highest BCUT2D eigenvalue weighted by Gasteiger charge is 2.57. The van der Waals surface area contributed by atoms with Crippen molar-refractivity contribution in [2.24, 2.45) is 11.3 Å². The number of rotatable bonds is 5. The van der Waals surface area contributed by atoms with E-state index in [-0.39, 0.29) is 0 Å². The number of aromatic nitrogens is 2. The maximum Gasteiger partial charge on any atom is 0.490 e. The van der Waals surface area contributed by atoms with Crippen molar-refractivity contribution >= 4 is 11.9 Å². The normalized spacial score (nSPS) is 18.9. The zero-order valence-electron chi connectivity index (χ0n) is 17.0. The molecule has 0 bridgehead atoms. The standard InChI is InChI=1S/C14H23N3.2C2HF3O2/c1-3-17-8-7-15-13(17)11-16(2)10-12-9-14(12)5-4-6-14;2*3-2(4,5)1(6)7/h7-8,12H,3-6,9-11H2,1-2H3;2*(H,6,7). The summed E-state index contributed by atoms with van der Waals surface area (Å²) in [5.41, 5.74) is 0.800. The average Bonchev–Trinajstić information content (AvgIpc) is 3.15. The zero-order chi connectivity index (χ0) is 24.0. The number of carboxylic acid groups (broad SMARTS) is 2. The lowest BCUT2D eigenvalue weighted by molar-refractivity contribution is -0.193.